The molecule has 2 heterocycles. The van der Waals surface area contributed by atoms with E-state index in [1.54, 1.807) is 0 Å². The van der Waals surface area contributed by atoms with Gasteiger partial charge in [0.25, 0.3) is 0 Å². The number of carbonyl (C=O) groups excluding carboxylic acids is 1. The lowest BCUT2D eigenvalue weighted by molar-refractivity contribution is -0.0992. The molecule has 1 N–H and O–H groups in total. The van der Waals surface area contributed by atoms with Gasteiger partial charge in [-0.05, 0) is 11.6 Å². The molecule has 23 heavy (non-hydrogen) atoms. The Labute approximate surface area is 125 Å². The molecule has 0 aromatic carbocycles. The van der Waals surface area contributed by atoms with E-state index in [0.29, 0.717) is 4.90 Å². The van der Waals surface area contributed by atoms with Gasteiger partial charge >= 0.3 is 18.4 Å². The Morgan fingerprint density at radius 2 is 1.87 bits per heavy atom. The fraction of sp³-hybridized carbons (Fsp3) is 0.333. The molecule has 1 atom stereocenters. The molecule has 2 aliphatic heterocycles. The molecule has 11 heteroatoms. The predicted molar refractivity (Wildman–Crippen MR) is 65.7 cm³/mol. The standard InChI is InChI=1S/C12H9F6N3O2/c1-23-10(22)21-4-2-6-7(3-5-21)9(12(16,17)18)20-19-8(6)11(13,14)15/h2-6,20H,1H3. The second kappa shape index (κ2) is 5.63. The first-order chi connectivity index (χ1) is 10.6. The zero-order chi connectivity index (χ0) is 17.4. The number of nitrogens with zero attached hydrogens (tertiary/aromatic N) is 2. The Morgan fingerprint density at radius 1 is 1.22 bits per heavy atom. The number of amides is 1. The van der Waals surface area contributed by atoms with E-state index in [1.807, 2.05) is 0 Å². The maximum absolute atomic E-state index is 13.0. The summed E-state index contributed by atoms with van der Waals surface area (Å²) in [4.78, 5) is 12.1. The lowest BCUT2D eigenvalue weighted by Gasteiger charge is -2.27. The summed E-state index contributed by atoms with van der Waals surface area (Å²) in [5.74, 6) is -1.81. The van der Waals surface area contributed by atoms with Crippen LogP contribution in [0.15, 0.2) is 40.9 Å². The fourth-order valence-corrected chi connectivity index (χ4v) is 2.02. The van der Waals surface area contributed by atoms with Gasteiger partial charge in [0.1, 0.15) is 5.70 Å². The van der Waals surface area contributed by atoms with E-state index in [-0.39, 0.29) is 0 Å². The van der Waals surface area contributed by atoms with Crippen molar-refractivity contribution in [1.82, 2.24) is 10.3 Å². The molecule has 0 aromatic rings. The number of hydrogen-bond acceptors (Lipinski definition) is 4. The van der Waals surface area contributed by atoms with Crippen molar-refractivity contribution in [2.24, 2.45) is 11.0 Å². The van der Waals surface area contributed by atoms with Gasteiger partial charge in [0.15, 0.2) is 5.71 Å². The quantitative estimate of drug-likeness (QED) is 0.689. The highest BCUT2D eigenvalue weighted by atomic mass is 19.4. The van der Waals surface area contributed by atoms with Crippen LogP contribution in [0.5, 0.6) is 0 Å². The number of ether oxygens (including phenoxy) is 1. The number of carbonyl (C=O) groups is 1. The van der Waals surface area contributed by atoms with Crippen molar-refractivity contribution in [1.29, 1.82) is 0 Å². The van der Waals surface area contributed by atoms with Crippen molar-refractivity contribution in [2.75, 3.05) is 7.11 Å². The average Bonchev–Trinajstić information content (AvgIpc) is 2.66. The maximum Gasteiger partial charge on any atom is 0.433 e. The number of fused-ring (bicyclic) bond motifs is 1. The minimum Gasteiger partial charge on any atom is -0.452 e. The maximum atomic E-state index is 13.0. The van der Waals surface area contributed by atoms with Crippen LogP contribution in [0.25, 0.3) is 0 Å². The summed E-state index contributed by atoms with van der Waals surface area (Å²) in [5.41, 5.74) is -2.18. The number of halogens is 6. The van der Waals surface area contributed by atoms with Gasteiger partial charge in [0, 0.05) is 12.4 Å². The van der Waals surface area contributed by atoms with Gasteiger partial charge < -0.3 is 4.74 Å². The van der Waals surface area contributed by atoms with E-state index in [9.17, 15) is 31.1 Å². The Hall–Kier alpha value is -2.46. The minimum atomic E-state index is -4.95. The van der Waals surface area contributed by atoms with Crippen LogP contribution in [0.3, 0.4) is 0 Å². The van der Waals surface area contributed by atoms with Gasteiger partial charge in [-0.1, -0.05) is 6.08 Å². The van der Waals surface area contributed by atoms with Crippen LogP contribution in [0.2, 0.25) is 0 Å². The van der Waals surface area contributed by atoms with Gasteiger partial charge in [-0.25, -0.2) is 4.79 Å². The molecule has 0 saturated carbocycles. The largest absolute Gasteiger partial charge is 0.452 e. The highest BCUT2D eigenvalue weighted by Gasteiger charge is 2.48. The molecule has 1 amide bonds. The molecule has 0 fully saturated rings. The summed E-state index contributed by atoms with van der Waals surface area (Å²) in [6.45, 7) is 0. The molecule has 2 rings (SSSR count). The summed E-state index contributed by atoms with van der Waals surface area (Å²) < 4.78 is 82.1. The lowest BCUT2D eigenvalue weighted by atomic mass is 9.90. The van der Waals surface area contributed by atoms with Gasteiger partial charge in [-0.2, -0.15) is 31.4 Å². The number of alkyl halides is 6. The van der Waals surface area contributed by atoms with Crippen molar-refractivity contribution in [3.8, 4) is 0 Å². The van der Waals surface area contributed by atoms with E-state index in [2.05, 4.69) is 9.84 Å². The molecule has 0 bridgehead atoms. The predicted octanol–water partition coefficient (Wildman–Crippen LogP) is 3.05. The van der Waals surface area contributed by atoms with Crippen molar-refractivity contribution < 1.29 is 35.9 Å². The van der Waals surface area contributed by atoms with Crippen LogP contribution in [-0.2, 0) is 4.74 Å². The van der Waals surface area contributed by atoms with Crippen molar-refractivity contribution in [3.63, 3.8) is 0 Å². The number of allylic oxidation sites excluding steroid dienone is 4. The first-order valence-electron chi connectivity index (χ1n) is 6.00. The average molecular weight is 341 g/mol. The first-order valence-corrected chi connectivity index (χ1v) is 6.00. The highest BCUT2D eigenvalue weighted by Crippen LogP contribution is 2.38. The zero-order valence-electron chi connectivity index (χ0n) is 11.4. The first kappa shape index (κ1) is 16.9. The molecular weight excluding hydrogens is 332 g/mol. The topological polar surface area (TPSA) is 53.9 Å². The van der Waals surface area contributed by atoms with E-state index in [0.717, 1.165) is 31.7 Å². The van der Waals surface area contributed by atoms with Gasteiger partial charge in [-0.15, -0.1) is 0 Å². The lowest BCUT2D eigenvalue weighted by Crippen LogP contribution is -2.40. The van der Waals surface area contributed by atoms with Crippen molar-refractivity contribution >= 4 is 11.8 Å². The summed E-state index contributed by atoms with van der Waals surface area (Å²) in [5, 5.41) is 2.81. The summed E-state index contributed by atoms with van der Waals surface area (Å²) in [6.07, 6.45) is -7.52. The summed E-state index contributed by atoms with van der Waals surface area (Å²) >= 11 is 0. The van der Waals surface area contributed by atoms with Gasteiger partial charge in [0.05, 0.1) is 13.0 Å². The van der Waals surface area contributed by atoms with Crippen LogP contribution in [0.1, 0.15) is 0 Å². The molecule has 0 aliphatic carbocycles. The number of methoxy groups -OCH3 is 1. The molecule has 0 radical (unpaired) electrons. The normalized spacial score (nSPS) is 21.4. The second-order valence-electron chi connectivity index (χ2n) is 4.45. The SMILES string of the molecule is COC(=O)N1C=CC2=C(C(F)(F)F)NN=C(C(F)(F)F)C2C=C1. The van der Waals surface area contributed by atoms with Gasteiger partial charge in [0.2, 0.25) is 0 Å². The third-order valence-electron chi connectivity index (χ3n) is 3.02. The molecule has 0 saturated heterocycles. The molecule has 2 aliphatic rings. The summed E-state index contributed by atoms with van der Waals surface area (Å²) in [7, 11) is 1.02. The number of rotatable bonds is 0. The third-order valence-corrected chi connectivity index (χ3v) is 3.02. The van der Waals surface area contributed by atoms with Crippen molar-refractivity contribution in [3.05, 3.63) is 35.8 Å². The number of nitrogens with one attached hydrogen (secondary N) is 1. The molecule has 126 valence electrons. The van der Waals surface area contributed by atoms with Crippen molar-refractivity contribution in [2.45, 2.75) is 12.4 Å². The van der Waals surface area contributed by atoms with E-state index in [1.165, 1.54) is 5.43 Å². The Bertz CT molecular complexity index is 630. The van der Waals surface area contributed by atoms with Crippen LogP contribution in [0, 0.1) is 5.92 Å². The molecule has 0 spiro atoms. The molecular formula is C12H9F6N3O2. The van der Waals surface area contributed by atoms with Gasteiger partial charge in [-0.3, -0.25) is 10.3 Å². The van der Waals surface area contributed by atoms with Crippen LogP contribution >= 0.6 is 0 Å². The summed E-state index contributed by atoms with van der Waals surface area (Å²) in [6, 6.07) is 0. The number of hydrogen-bond donors (Lipinski definition) is 1. The monoisotopic (exact) mass is 341 g/mol. The van der Waals surface area contributed by atoms with E-state index < -0.39 is 41.3 Å². The molecule has 0 aromatic heterocycles. The second-order valence-corrected chi connectivity index (χ2v) is 4.45. The highest BCUT2D eigenvalue weighted by molar-refractivity contribution is 5.96. The Balaban J connectivity index is 2.55. The van der Waals surface area contributed by atoms with E-state index in [4.69, 9.17) is 0 Å². The number of hydrazone groups is 1. The molecule has 1 unspecified atom stereocenters. The third kappa shape index (κ3) is 3.32. The van der Waals surface area contributed by atoms with Crippen LogP contribution in [-0.4, -0.2) is 36.2 Å². The Morgan fingerprint density at radius 3 is 2.39 bits per heavy atom. The molecule has 5 nitrogen and oxygen atoms in total. The fourth-order valence-electron chi connectivity index (χ4n) is 2.02. The minimum absolute atomic E-state index is 0.706. The van der Waals surface area contributed by atoms with Crippen LogP contribution < -0.4 is 5.43 Å². The Kier molecular flexibility index (Phi) is 4.14. The zero-order valence-corrected chi connectivity index (χ0v) is 11.4. The smallest absolute Gasteiger partial charge is 0.433 e. The van der Waals surface area contributed by atoms with Crippen LogP contribution in [0.4, 0.5) is 31.1 Å². The van der Waals surface area contributed by atoms with E-state index >= 15 is 0 Å².